The monoisotopic (exact) mass is 504 g/mol. The number of esters is 1. The molecule has 9 nitrogen and oxygen atoms in total. The minimum atomic E-state index is -0.717. The van der Waals surface area contributed by atoms with E-state index in [1.165, 1.54) is 24.3 Å². The summed E-state index contributed by atoms with van der Waals surface area (Å²) in [6.07, 6.45) is 0. The standard InChI is InChI=1S/C29H20N4O5/c34-26(30-20-12-14-22(15-13-20)32-31-21-6-2-1-3-7-21)18-38-29(37)19-10-16-23(17-11-19)33-27(35)24-8-4-5-9-25(24)28(33)36/h1-17H,18H2,(H,30,34). The van der Waals surface area contributed by atoms with Crippen LogP contribution in [0.3, 0.4) is 0 Å². The number of hydrogen-bond acceptors (Lipinski definition) is 7. The Labute approximate surface area is 217 Å². The number of carbonyl (C=O) groups excluding carboxylic acids is 4. The van der Waals surface area contributed by atoms with E-state index in [1.54, 1.807) is 48.5 Å². The van der Waals surface area contributed by atoms with E-state index in [0.717, 1.165) is 10.6 Å². The number of anilines is 2. The van der Waals surface area contributed by atoms with Gasteiger partial charge in [0, 0.05) is 5.69 Å². The SMILES string of the molecule is O=C(COC(=O)c1ccc(N2C(=O)c3ccccc3C2=O)cc1)Nc1ccc(N=Nc2ccccc2)cc1. The van der Waals surface area contributed by atoms with E-state index in [9.17, 15) is 19.2 Å². The molecule has 1 aliphatic heterocycles. The van der Waals surface area contributed by atoms with Crippen LogP contribution < -0.4 is 10.2 Å². The van der Waals surface area contributed by atoms with Crippen molar-refractivity contribution in [2.45, 2.75) is 0 Å². The Bertz CT molecular complexity index is 1510. The van der Waals surface area contributed by atoms with Crippen molar-refractivity contribution >= 4 is 46.4 Å². The van der Waals surface area contributed by atoms with Crippen molar-refractivity contribution in [3.05, 3.63) is 120 Å². The van der Waals surface area contributed by atoms with Crippen LogP contribution in [-0.4, -0.2) is 30.3 Å². The van der Waals surface area contributed by atoms with Gasteiger partial charge >= 0.3 is 5.97 Å². The van der Waals surface area contributed by atoms with Gasteiger partial charge < -0.3 is 10.1 Å². The quantitative estimate of drug-likeness (QED) is 0.197. The summed E-state index contributed by atoms with van der Waals surface area (Å²) in [5.74, 6) is -2.08. The largest absolute Gasteiger partial charge is 0.452 e. The molecule has 1 heterocycles. The van der Waals surface area contributed by atoms with Gasteiger partial charge in [-0.1, -0.05) is 30.3 Å². The zero-order chi connectivity index (χ0) is 26.5. The first kappa shape index (κ1) is 24.3. The second-order valence-corrected chi connectivity index (χ2v) is 8.24. The molecule has 186 valence electrons. The molecule has 1 aliphatic rings. The van der Waals surface area contributed by atoms with Crippen molar-refractivity contribution in [3.63, 3.8) is 0 Å². The van der Waals surface area contributed by atoms with Gasteiger partial charge in [-0.2, -0.15) is 10.2 Å². The molecule has 9 heteroatoms. The molecule has 4 aromatic rings. The Morgan fingerprint density at radius 2 is 1.24 bits per heavy atom. The topological polar surface area (TPSA) is 118 Å². The van der Waals surface area contributed by atoms with Crippen LogP contribution in [0.1, 0.15) is 31.1 Å². The number of benzene rings is 4. The molecule has 0 atom stereocenters. The summed E-state index contributed by atoms with van der Waals surface area (Å²) in [7, 11) is 0. The van der Waals surface area contributed by atoms with E-state index in [2.05, 4.69) is 15.5 Å². The van der Waals surface area contributed by atoms with Gasteiger partial charge in [0.15, 0.2) is 6.61 Å². The molecule has 0 fully saturated rings. The Balaban J connectivity index is 1.13. The first-order valence-corrected chi connectivity index (χ1v) is 11.6. The third kappa shape index (κ3) is 5.21. The van der Waals surface area contributed by atoms with Gasteiger partial charge in [-0.25, -0.2) is 9.69 Å². The lowest BCUT2D eigenvalue weighted by Gasteiger charge is -2.14. The first-order valence-electron chi connectivity index (χ1n) is 11.6. The van der Waals surface area contributed by atoms with E-state index in [1.807, 2.05) is 30.3 Å². The molecule has 3 amide bonds. The van der Waals surface area contributed by atoms with Crippen molar-refractivity contribution in [1.82, 2.24) is 0 Å². The van der Waals surface area contributed by atoms with Gasteiger partial charge in [0.1, 0.15) is 0 Å². The fraction of sp³-hybridized carbons (Fsp3) is 0.0345. The summed E-state index contributed by atoms with van der Waals surface area (Å²) < 4.78 is 5.10. The summed E-state index contributed by atoms with van der Waals surface area (Å²) in [4.78, 5) is 50.9. The van der Waals surface area contributed by atoms with Crippen LogP contribution in [0, 0.1) is 0 Å². The number of hydrogen-bond donors (Lipinski definition) is 1. The third-order valence-electron chi connectivity index (χ3n) is 5.68. The zero-order valence-electron chi connectivity index (χ0n) is 19.9. The lowest BCUT2D eigenvalue weighted by molar-refractivity contribution is -0.119. The van der Waals surface area contributed by atoms with Crippen LogP contribution in [0.25, 0.3) is 0 Å². The molecule has 0 unspecified atom stereocenters. The number of nitrogens with zero attached hydrogens (tertiary/aromatic N) is 3. The molecular weight excluding hydrogens is 484 g/mol. The summed E-state index contributed by atoms with van der Waals surface area (Å²) in [6.45, 7) is -0.492. The van der Waals surface area contributed by atoms with Crippen LogP contribution >= 0.6 is 0 Å². The van der Waals surface area contributed by atoms with Crippen molar-refractivity contribution < 1.29 is 23.9 Å². The van der Waals surface area contributed by atoms with Crippen LogP contribution in [0.5, 0.6) is 0 Å². The van der Waals surface area contributed by atoms with Gasteiger partial charge in [0.25, 0.3) is 17.7 Å². The normalized spacial score (nSPS) is 12.5. The minimum Gasteiger partial charge on any atom is -0.452 e. The number of imide groups is 1. The number of amides is 3. The van der Waals surface area contributed by atoms with Crippen molar-refractivity contribution in [1.29, 1.82) is 0 Å². The Morgan fingerprint density at radius 3 is 1.84 bits per heavy atom. The molecule has 0 radical (unpaired) electrons. The smallest absolute Gasteiger partial charge is 0.338 e. The van der Waals surface area contributed by atoms with Crippen molar-refractivity contribution in [2.75, 3.05) is 16.8 Å². The maximum atomic E-state index is 12.6. The highest BCUT2D eigenvalue weighted by atomic mass is 16.5. The van der Waals surface area contributed by atoms with Gasteiger partial charge in [0.2, 0.25) is 0 Å². The lowest BCUT2D eigenvalue weighted by atomic mass is 10.1. The molecule has 0 saturated carbocycles. The molecule has 5 rings (SSSR count). The van der Waals surface area contributed by atoms with Gasteiger partial charge in [-0.05, 0) is 72.8 Å². The summed E-state index contributed by atoms with van der Waals surface area (Å²) in [5.41, 5.74) is 3.02. The Hall–Kier alpha value is -5.44. The van der Waals surface area contributed by atoms with Crippen LogP contribution in [-0.2, 0) is 9.53 Å². The first-order chi connectivity index (χ1) is 18.5. The summed E-state index contributed by atoms with van der Waals surface area (Å²) in [5, 5.41) is 10.9. The predicted molar refractivity (Wildman–Crippen MR) is 140 cm³/mol. The highest BCUT2D eigenvalue weighted by Gasteiger charge is 2.36. The molecule has 0 saturated heterocycles. The van der Waals surface area contributed by atoms with E-state index in [-0.39, 0.29) is 5.56 Å². The van der Waals surface area contributed by atoms with Crippen molar-refractivity contribution in [3.8, 4) is 0 Å². The highest BCUT2D eigenvalue weighted by molar-refractivity contribution is 6.34. The van der Waals surface area contributed by atoms with Gasteiger partial charge in [-0.3, -0.25) is 14.4 Å². The average Bonchev–Trinajstić information content (AvgIpc) is 3.21. The van der Waals surface area contributed by atoms with Crippen LogP contribution in [0.4, 0.5) is 22.7 Å². The average molecular weight is 505 g/mol. The van der Waals surface area contributed by atoms with Crippen LogP contribution in [0.15, 0.2) is 113 Å². The van der Waals surface area contributed by atoms with Crippen LogP contribution in [0.2, 0.25) is 0 Å². The maximum absolute atomic E-state index is 12.6. The van der Waals surface area contributed by atoms with E-state index in [0.29, 0.717) is 28.2 Å². The van der Waals surface area contributed by atoms with Gasteiger partial charge in [0.05, 0.1) is 33.8 Å². The number of rotatable bonds is 7. The summed E-state index contributed by atoms with van der Waals surface area (Å²) in [6, 6.07) is 28.4. The number of carbonyl (C=O) groups is 4. The second-order valence-electron chi connectivity index (χ2n) is 8.24. The van der Waals surface area contributed by atoms with E-state index < -0.39 is 30.3 Å². The number of ether oxygens (including phenoxy) is 1. The fourth-order valence-corrected chi connectivity index (χ4v) is 3.80. The summed E-state index contributed by atoms with van der Waals surface area (Å²) >= 11 is 0. The second kappa shape index (κ2) is 10.7. The Morgan fingerprint density at radius 1 is 0.684 bits per heavy atom. The maximum Gasteiger partial charge on any atom is 0.338 e. The molecule has 0 spiro atoms. The zero-order valence-corrected chi connectivity index (χ0v) is 19.9. The third-order valence-corrected chi connectivity index (χ3v) is 5.68. The molecule has 4 aromatic carbocycles. The fourth-order valence-electron chi connectivity index (χ4n) is 3.80. The van der Waals surface area contributed by atoms with E-state index in [4.69, 9.17) is 4.74 Å². The highest BCUT2D eigenvalue weighted by Crippen LogP contribution is 2.28. The molecule has 1 N–H and O–H groups in total. The van der Waals surface area contributed by atoms with Crippen molar-refractivity contribution in [2.24, 2.45) is 10.2 Å². The number of azo groups is 1. The molecular formula is C29H20N4O5. The minimum absolute atomic E-state index is 0.172. The number of nitrogens with one attached hydrogen (secondary N) is 1. The van der Waals surface area contributed by atoms with Gasteiger partial charge in [-0.15, -0.1) is 0 Å². The molecule has 0 bridgehead atoms. The number of fused-ring (bicyclic) bond motifs is 1. The molecule has 38 heavy (non-hydrogen) atoms. The Kier molecular flexibility index (Phi) is 6.81. The molecule has 0 aromatic heterocycles. The molecule has 0 aliphatic carbocycles. The predicted octanol–water partition coefficient (Wildman–Crippen LogP) is 5.70. The van der Waals surface area contributed by atoms with E-state index >= 15 is 0 Å². The lowest BCUT2D eigenvalue weighted by Crippen LogP contribution is -2.29.